The molecule has 10 heteroatoms. The van der Waals surface area contributed by atoms with E-state index in [9.17, 15) is 9.59 Å². The van der Waals surface area contributed by atoms with Crippen LogP contribution in [0.2, 0.25) is 4.34 Å². The Morgan fingerprint density at radius 1 is 1.36 bits per heavy atom. The summed E-state index contributed by atoms with van der Waals surface area (Å²) >= 11 is 7.39. The third-order valence-electron chi connectivity index (χ3n) is 4.70. The van der Waals surface area contributed by atoms with Gasteiger partial charge in [0.05, 0.1) is 15.8 Å². The summed E-state index contributed by atoms with van der Waals surface area (Å²) in [6.07, 6.45) is 0.680. The van der Waals surface area contributed by atoms with Crippen LogP contribution < -0.4 is 5.32 Å². The number of piperazine rings is 1. The largest absolute Gasteiger partial charge is 0.385 e. The summed E-state index contributed by atoms with van der Waals surface area (Å²) < 4.78 is 5.65. The van der Waals surface area contributed by atoms with Crippen LogP contribution in [-0.4, -0.2) is 86.4 Å². The van der Waals surface area contributed by atoms with Crippen molar-refractivity contribution in [3.8, 4) is 0 Å². The minimum atomic E-state index is -0.577. The first-order valence-electron chi connectivity index (χ1n) is 9.32. The van der Waals surface area contributed by atoms with Gasteiger partial charge >= 0.3 is 0 Å². The second-order valence-electron chi connectivity index (χ2n) is 6.74. The fraction of sp³-hybridized carbons (Fsp3) is 0.611. The van der Waals surface area contributed by atoms with Gasteiger partial charge in [0.15, 0.2) is 0 Å². The maximum Gasteiger partial charge on any atom is 0.266 e. The molecule has 0 aromatic carbocycles. The van der Waals surface area contributed by atoms with E-state index in [0.29, 0.717) is 56.6 Å². The van der Waals surface area contributed by atoms with Crippen LogP contribution in [0.5, 0.6) is 0 Å². The molecule has 3 heterocycles. The lowest BCUT2D eigenvalue weighted by Crippen LogP contribution is -2.53. The Labute approximate surface area is 173 Å². The molecule has 1 N–H and O–H groups in total. The van der Waals surface area contributed by atoms with E-state index >= 15 is 0 Å². The Morgan fingerprint density at radius 3 is 2.82 bits per heavy atom. The van der Waals surface area contributed by atoms with Gasteiger partial charge in [0.1, 0.15) is 5.71 Å². The van der Waals surface area contributed by atoms with Crippen LogP contribution in [0.15, 0.2) is 17.3 Å². The van der Waals surface area contributed by atoms with Crippen molar-refractivity contribution in [2.45, 2.75) is 18.9 Å². The van der Waals surface area contributed by atoms with Gasteiger partial charge in [-0.2, -0.15) is 0 Å². The predicted molar refractivity (Wildman–Crippen MR) is 108 cm³/mol. The molecule has 0 radical (unpaired) electrons. The minimum absolute atomic E-state index is 0.00246. The molecular formula is C18H25ClN4O4S. The second-order valence-corrected chi connectivity index (χ2v) is 8.45. The maximum atomic E-state index is 12.7. The highest BCUT2D eigenvalue weighted by atomic mass is 35.5. The zero-order valence-electron chi connectivity index (χ0n) is 15.9. The van der Waals surface area contributed by atoms with Crippen molar-refractivity contribution >= 4 is 40.5 Å². The molecule has 1 atom stereocenters. The fourth-order valence-corrected chi connectivity index (χ4v) is 4.19. The highest BCUT2D eigenvalue weighted by Crippen LogP contribution is 2.27. The molecular weight excluding hydrogens is 404 g/mol. The van der Waals surface area contributed by atoms with E-state index in [-0.39, 0.29) is 11.8 Å². The molecule has 1 aromatic rings. The van der Waals surface area contributed by atoms with Crippen molar-refractivity contribution < 1.29 is 19.2 Å². The van der Waals surface area contributed by atoms with Gasteiger partial charge < -0.3 is 19.8 Å². The molecule has 1 fully saturated rings. The van der Waals surface area contributed by atoms with Gasteiger partial charge in [0.2, 0.25) is 12.0 Å². The number of hydrogen-bond donors (Lipinski definition) is 1. The first kappa shape index (κ1) is 21.0. The molecule has 2 aliphatic rings. The van der Waals surface area contributed by atoms with Crippen molar-refractivity contribution in [3.05, 3.63) is 21.3 Å². The number of thiophene rings is 1. The standard InChI is InChI=1S/C18H25ClN4O4S/c1-26-10-2-5-20-17(24)12-22-6-8-23(9-7-22)18(25)14-11-13(21-27-14)15-3-4-16(19)28-15/h3-4,14H,2,5-12H2,1H3,(H,20,24). The van der Waals surface area contributed by atoms with Gasteiger partial charge in [-0.3, -0.25) is 14.5 Å². The first-order valence-corrected chi connectivity index (χ1v) is 10.5. The van der Waals surface area contributed by atoms with Crippen LogP contribution in [0.1, 0.15) is 17.7 Å². The van der Waals surface area contributed by atoms with Crippen LogP contribution in [0, 0.1) is 0 Å². The van der Waals surface area contributed by atoms with Crippen molar-refractivity contribution in [1.82, 2.24) is 15.1 Å². The number of halogens is 1. The number of hydrogen-bond acceptors (Lipinski definition) is 7. The molecule has 0 aliphatic carbocycles. The van der Waals surface area contributed by atoms with Crippen LogP contribution in [0.3, 0.4) is 0 Å². The highest BCUT2D eigenvalue weighted by Gasteiger charge is 2.34. The number of amides is 2. The summed E-state index contributed by atoms with van der Waals surface area (Å²) in [5.41, 5.74) is 0.763. The van der Waals surface area contributed by atoms with Crippen molar-refractivity contribution in [3.63, 3.8) is 0 Å². The number of carbonyl (C=O) groups excluding carboxylic acids is 2. The Hall–Kier alpha value is -1.68. The van der Waals surface area contributed by atoms with E-state index < -0.39 is 6.10 Å². The molecule has 2 amide bonds. The first-order chi connectivity index (χ1) is 13.6. The number of methoxy groups -OCH3 is 1. The third kappa shape index (κ3) is 5.66. The number of ether oxygens (including phenoxy) is 1. The average Bonchev–Trinajstić information content (AvgIpc) is 3.34. The quantitative estimate of drug-likeness (QED) is 0.629. The number of rotatable bonds is 8. The van der Waals surface area contributed by atoms with Gasteiger partial charge in [0.25, 0.3) is 5.91 Å². The van der Waals surface area contributed by atoms with Gasteiger partial charge in [-0.15, -0.1) is 11.3 Å². The smallest absolute Gasteiger partial charge is 0.266 e. The molecule has 3 rings (SSSR count). The zero-order valence-corrected chi connectivity index (χ0v) is 17.4. The molecule has 1 aromatic heterocycles. The average molecular weight is 429 g/mol. The van der Waals surface area contributed by atoms with E-state index in [4.69, 9.17) is 21.2 Å². The Balaban J connectivity index is 1.38. The summed E-state index contributed by atoms with van der Waals surface area (Å²) in [5.74, 6) is -0.0484. The lowest BCUT2D eigenvalue weighted by Gasteiger charge is -2.35. The molecule has 1 saturated heterocycles. The zero-order chi connectivity index (χ0) is 19.9. The molecule has 2 aliphatic heterocycles. The van der Waals surface area contributed by atoms with E-state index in [1.54, 1.807) is 12.0 Å². The third-order valence-corrected chi connectivity index (χ3v) is 5.98. The molecule has 0 saturated carbocycles. The Morgan fingerprint density at radius 2 is 2.14 bits per heavy atom. The summed E-state index contributed by atoms with van der Waals surface area (Å²) in [5, 5.41) is 6.94. The van der Waals surface area contributed by atoms with Crippen LogP contribution in [0.4, 0.5) is 0 Å². The lowest BCUT2D eigenvalue weighted by molar-refractivity contribution is -0.144. The minimum Gasteiger partial charge on any atom is -0.385 e. The summed E-state index contributed by atoms with van der Waals surface area (Å²) in [7, 11) is 1.64. The van der Waals surface area contributed by atoms with Crippen LogP contribution >= 0.6 is 22.9 Å². The molecule has 28 heavy (non-hydrogen) atoms. The normalized spacial score (nSPS) is 20.0. The number of nitrogens with one attached hydrogen (secondary N) is 1. The monoisotopic (exact) mass is 428 g/mol. The fourth-order valence-electron chi connectivity index (χ4n) is 3.16. The van der Waals surface area contributed by atoms with Crippen LogP contribution in [0.25, 0.3) is 0 Å². The number of carbonyl (C=O) groups is 2. The molecule has 0 spiro atoms. The Bertz CT molecular complexity index is 718. The molecule has 8 nitrogen and oxygen atoms in total. The topological polar surface area (TPSA) is 83.5 Å². The summed E-state index contributed by atoms with van der Waals surface area (Å²) in [6.45, 7) is 4.08. The van der Waals surface area contributed by atoms with Gasteiger partial charge in [-0.25, -0.2) is 0 Å². The van der Waals surface area contributed by atoms with E-state index in [2.05, 4.69) is 15.4 Å². The van der Waals surface area contributed by atoms with E-state index in [1.807, 2.05) is 12.1 Å². The van der Waals surface area contributed by atoms with Crippen molar-refractivity contribution in [1.29, 1.82) is 0 Å². The lowest BCUT2D eigenvalue weighted by atomic mass is 10.1. The Kier molecular flexibility index (Phi) is 7.66. The number of nitrogens with zero attached hydrogens (tertiary/aromatic N) is 3. The summed E-state index contributed by atoms with van der Waals surface area (Å²) in [4.78, 5) is 34.8. The predicted octanol–water partition coefficient (Wildman–Crippen LogP) is 1.19. The second kappa shape index (κ2) is 10.2. The van der Waals surface area contributed by atoms with Gasteiger partial charge in [0, 0.05) is 52.9 Å². The highest BCUT2D eigenvalue weighted by molar-refractivity contribution is 7.18. The van der Waals surface area contributed by atoms with Crippen LogP contribution in [-0.2, 0) is 19.2 Å². The number of oxime groups is 1. The SMILES string of the molecule is COCCCNC(=O)CN1CCN(C(=O)C2CC(c3ccc(Cl)s3)=NO2)CC1. The molecule has 1 unspecified atom stereocenters. The van der Waals surface area contributed by atoms with Crippen molar-refractivity contribution in [2.75, 3.05) is 53.0 Å². The van der Waals surface area contributed by atoms with Crippen molar-refractivity contribution in [2.24, 2.45) is 5.16 Å². The van der Waals surface area contributed by atoms with E-state index in [0.717, 1.165) is 17.0 Å². The summed E-state index contributed by atoms with van der Waals surface area (Å²) in [6, 6.07) is 3.70. The maximum absolute atomic E-state index is 12.7. The van der Waals surface area contributed by atoms with Gasteiger partial charge in [-0.1, -0.05) is 16.8 Å². The molecule has 154 valence electrons. The van der Waals surface area contributed by atoms with E-state index in [1.165, 1.54) is 11.3 Å². The van der Waals surface area contributed by atoms with Gasteiger partial charge in [-0.05, 0) is 18.6 Å². The molecule has 0 bridgehead atoms.